The predicted molar refractivity (Wildman–Crippen MR) is 214 cm³/mol. The van der Waals surface area contributed by atoms with Crippen LogP contribution in [0.15, 0.2) is 119 Å². The molecule has 53 heavy (non-hydrogen) atoms. The van der Waals surface area contributed by atoms with E-state index in [9.17, 15) is 19.2 Å². The summed E-state index contributed by atoms with van der Waals surface area (Å²) in [5.41, 5.74) is 4.60. The first-order valence-electron chi connectivity index (χ1n) is 17.2. The summed E-state index contributed by atoms with van der Waals surface area (Å²) >= 11 is 2.62. The average molecular weight is 748 g/mol. The van der Waals surface area contributed by atoms with Crippen LogP contribution in [0.4, 0.5) is 10.7 Å². The van der Waals surface area contributed by atoms with E-state index in [-0.39, 0.29) is 18.2 Å². The van der Waals surface area contributed by atoms with Gasteiger partial charge in [-0.25, -0.2) is 4.79 Å². The van der Waals surface area contributed by atoms with Gasteiger partial charge >= 0.3 is 5.97 Å². The molecule has 0 aliphatic heterocycles. The van der Waals surface area contributed by atoms with Crippen molar-refractivity contribution >= 4 is 63.6 Å². The van der Waals surface area contributed by atoms with Gasteiger partial charge in [-0.3, -0.25) is 14.4 Å². The summed E-state index contributed by atoms with van der Waals surface area (Å²) in [4.78, 5) is 54.3. The molecule has 0 fully saturated rings. The SMILES string of the molecule is CCOC(=O)c1c(-c2ccc(C)cc2)csc1NC(=O)C(CC)Sc1cccc(NC(=O)/C(=C\c2ccc(OCC)cc2)NC(=O)c2ccccc2)c1. The predicted octanol–water partition coefficient (Wildman–Crippen LogP) is 9.22. The first kappa shape index (κ1) is 38.6. The zero-order valence-corrected chi connectivity index (χ0v) is 31.6. The molecule has 0 radical (unpaired) electrons. The zero-order chi connectivity index (χ0) is 37.7. The van der Waals surface area contributed by atoms with E-state index in [1.54, 1.807) is 79.7 Å². The van der Waals surface area contributed by atoms with Gasteiger partial charge in [-0.15, -0.1) is 23.1 Å². The molecule has 272 valence electrons. The Morgan fingerprint density at radius 3 is 2.25 bits per heavy atom. The van der Waals surface area contributed by atoms with Crippen molar-refractivity contribution in [2.45, 2.75) is 44.3 Å². The lowest BCUT2D eigenvalue weighted by atomic mass is 10.0. The van der Waals surface area contributed by atoms with Crippen LogP contribution in [0, 0.1) is 6.92 Å². The molecule has 0 saturated carbocycles. The van der Waals surface area contributed by atoms with Crippen LogP contribution in [0.1, 0.15) is 59.0 Å². The maximum Gasteiger partial charge on any atom is 0.341 e. The monoisotopic (exact) mass is 747 g/mol. The smallest absolute Gasteiger partial charge is 0.341 e. The van der Waals surface area contributed by atoms with Gasteiger partial charge < -0.3 is 25.4 Å². The molecule has 11 heteroatoms. The fourth-order valence-corrected chi connectivity index (χ4v) is 7.24. The Hall–Kier alpha value is -5.65. The van der Waals surface area contributed by atoms with Crippen molar-refractivity contribution in [2.24, 2.45) is 0 Å². The number of thiophene rings is 1. The number of aryl methyl sites for hydroxylation is 1. The molecule has 1 aromatic heterocycles. The van der Waals surface area contributed by atoms with E-state index in [1.807, 2.05) is 62.5 Å². The van der Waals surface area contributed by atoms with Gasteiger partial charge in [-0.05, 0) is 86.9 Å². The van der Waals surface area contributed by atoms with E-state index in [2.05, 4.69) is 16.0 Å². The molecular formula is C42H41N3O6S2. The number of hydrogen-bond donors (Lipinski definition) is 3. The highest BCUT2D eigenvalue weighted by atomic mass is 32.2. The van der Waals surface area contributed by atoms with E-state index in [0.717, 1.165) is 16.0 Å². The number of ether oxygens (including phenoxy) is 2. The highest BCUT2D eigenvalue weighted by Gasteiger charge is 2.26. The second-order valence-electron chi connectivity index (χ2n) is 11.8. The van der Waals surface area contributed by atoms with E-state index in [0.29, 0.717) is 51.7 Å². The number of hydrogen-bond acceptors (Lipinski definition) is 8. The summed E-state index contributed by atoms with van der Waals surface area (Å²) in [7, 11) is 0. The molecule has 1 atom stereocenters. The largest absolute Gasteiger partial charge is 0.494 e. The number of thioether (sulfide) groups is 1. The molecule has 5 rings (SSSR count). The minimum Gasteiger partial charge on any atom is -0.494 e. The van der Waals surface area contributed by atoms with Gasteiger partial charge in [0.2, 0.25) is 5.91 Å². The third-order valence-electron chi connectivity index (χ3n) is 7.93. The Kier molecular flexibility index (Phi) is 13.6. The minimum absolute atomic E-state index is 0.0465. The molecule has 3 N–H and O–H groups in total. The maximum absolute atomic E-state index is 13.7. The molecule has 3 amide bonds. The number of rotatable bonds is 15. The van der Waals surface area contributed by atoms with Crippen LogP contribution in [-0.2, 0) is 14.3 Å². The molecule has 5 aromatic rings. The summed E-state index contributed by atoms with van der Waals surface area (Å²) in [6.45, 7) is 8.28. The molecular weight excluding hydrogens is 707 g/mol. The molecule has 4 aromatic carbocycles. The summed E-state index contributed by atoms with van der Waals surface area (Å²) in [6.07, 6.45) is 2.10. The van der Waals surface area contributed by atoms with Gasteiger partial charge in [0.15, 0.2) is 0 Å². The average Bonchev–Trinajstić information content (AvgIpc) is 3.58. The van der Waals surface area contributed by atoms with Crippen LogP contribution in [-0.4, -0.2) is 42.2 Å². The van der Waals surface area contributed by atoms with Crippen molar-refractivity contribution in [1.29, 1.82) is 0 Å². The van der Waals surface area contributed by atoms with Gasteiger partial charge in [0, 0.05) is 27.1 Å². The molecule has 0 saturated heterocycles. The summed E-state index contributed by atoms with van der Waals surface area (Å²) < 4.78 is 10.9. The molecule has 9 nitrogen and oxygen atoms in total. The Morgan fingerprint density at radius 2 is 1.57 bits per heavy atom. The first-order chi connectivity index (χ1) is 25.7. The van der Waals surface area contributed by atoms with Gasteiger partial charge in [0.1, 0.15) is 22.0 Å². The maximum atomic E-state index is 13.7. The fraction of sp³-hybridized carbons (Fsp3) is 0.190. The Labute approximate surface area is 317 Å². The number of benzene rings is 4. The Bertz CT molecular complexity index is 2080. The lowest BCUT2D eigenvalue weighted by Gasteiger charge is -2.16. The van der Waals surface area contributed by atoms with Crippen LogP contribution in [0.5, 0.6) is 5.75 Å². The molecule has 1 heterocycles. The first-order valence-corrected chi connectivity index (χ1v) is 19.0. The number of nitrogens with one attached hydrogen (secondary N) is 3. The van der Waals surface area contributed by atoms with Crippen LogP contribution < -0.4 is 20.7 Å². The van der Waals surface area contributed by atoms with Crippen molar-refractivity contribution in [2.75, 3.05) is 23.8 Å². The zero-order valence-electron chi connectivity index (χ0n) is 29.9. The topological polar surface area (TPSA) is 123 Å². The second-order valence-corrected chi connectivity index (χ2v) is 14.0. The van der Waals surface area contributed by atoms with E-state index in [1.165, 1.54) is 23.1 Å². The lowest BCUT2D eigenvalue weighted by molar-refractivity contribution is -0.116. The van der Waals surface area contributed by atoms with Crippen molar-refractivity contribution in [3.8, 4) is 16.9 Å². The van der Waals surface area contributed by atoms with Crippen LogP contribution in [0.2, 0.25) is 0 Å². The van der Waals surface area contributed by atoms with Crippen molar-refractivity contribution in [3.05, 3.63) is 136 Å². The van der Waals surface area contributed by atoms with Gasteiger partial charge in [0.25, 0.3) is 11.8 Å². The minimum atomic E-state index is -0.524. The van der Waals surface area contributed by atoms with Crippen LogP contribution in [0.25, 0.3) is 17.2 Å². The molecule has 0 aliphatic rings. The normalized spacial score (nSPS) is 11.7. The van der Waals surface area contributed by atoms with Gasteiger partial charge in [-0.1, -0.05) is 73.2 Å². The van der Waals surface area contributed by atoms with Crippen LogP contribution in [0.3, 0.4) is 0 Å². The van der Waals surface area contributed by atoms with Crippen molar-refractivity contribution in [1.82, 2.24) is 5.32 Å². The fourth-order valence-electron chi connectivity index (χ4n) is 5.26. The van der Waals surface area contributed by atoms with E-state index in [4.69, 9.17) is 9.47 Å². The molecule has 0 bridgehead atoms. The number of esters is 1. The quantitative estimate of drug-likeness (QED) is 0.0555. The van der Waals surface area contributed by atoms with Crippen molar-refractivity contribution in [3.63, 3.8) is 0 Å². The van der Waals surface area contributed by atoms with E-state index >= 15 is 0 Å². The Morgan fingerprint density at radius 1 is 0.830 bits per heavy atom. The molecule has 1 unspecified atom stereocenters. The number of carbonyl (C=O) groups is 4. The third kappa shape index (κ3) is 10.5. The number of amides is 3. The standard InChI is InChI=1S/C42H41N3O6S2/c1-5-36(40(48)45-41-37(42(49)51-7-3)34(26-52-41)29-20-16-27(4)17-21-29)53-33-15-11-14-31(25-33)43-39(47)35(44-38(46)30-12-9-8-10-13-30)24-28-18-22-32(23-19-28)50-6-2/h8-26,36H,5-7H2,1-4H3,(H,43,47)(H,44,46)(H,45,48)/b35-24+. The number of anilines is 2. The second kappa shape index (κ2) is 18.7. The van der Waals surface area contributed by atoms with Gasteiger partial charge in [-0.2, -0.15) is 0 Å². The Balaban J connectivity index is 1.33. The van der Waals surface area contributed by atoms with Gasteiger partial charge in [0.05, 0.1) is 18.5 Å². The summed E-state index contributed by atoms with van der Waals surface area (Å²) in [5, 5.41) is 10.4. The number of carbonyl (C=O) groups excluding carboxylic acids is 4. The highest BCUT2D eigenvalue weighted by molar-refractivity contribution is 8.00. The molecule has 0 aliphatic carbocycles. The van der Waals surface area contributed by atoms with Crippen molar-refractivity contribution < 1.29 is 28.7 Å². The third-order valence-corrected chi connectivity index (χ3v) is 10.2. The van der Waals surface area contributed by atoms with E-state index < -0.39 is 23.0 Å². The van der Waals surface area contributed by atoms with Crippen LogP contribution >= 0.6 is 23.1 Å². The summed E-state index contributed by atoms with van der Waals surface area (Å²) in [5.74, 6) is -1.02. The lowest BCUT2D eigenvalue weighted by Crippen LogP contribution is -2.30. The molecule has 0 spiro atoms. The highest BCUT2D eigenvalue weighted by Crippen LogP contribution is 2.37. The summed E-state index contributed by atoms with van der Waals surface area (Å²) in [6, 6.07) is 30.8.